The van der Waals surface area contributed by atoms with Gasteiger partial charge in [-0.1, -0.05) is 97.1 Å². The van der Waals surface area contributed by atoms with Crippen LogP contribution in [0.15, 0.2) is 109 Å². The molecule has 0 radical (unpaired) electrons. The normalized spacial score (nSPS) is 10.9. The topological polar surface area (TPSA) is 93.0 Å². The van der Waals surface area contributed by atoms with Gasteiger partial charge in [-0.25, -0.2) is 9.97 Å². The lowest BCUT2D eigenvalue weighted by Crippen LogP contribution is -2.15. The smallest absolute Gasteiger partial charge is 0.353 e. The molecule has 0 unspecified atom stereocenters. The summed E-state index contributed by atoms with van der Waals surface area (Å²) in [6.07, 6.45) is 1.33. The van der Waals surface area contributed by atoms with Crippen molar-refractivity contribution in [2.24, 2.45) is 0 Å². The van der Waals surface area contributed by atoms with Crippen molar-refractivity contribution < 1.29 is 4.92 Å². The zero-order chi connectivity index (χ0) is 23.3. The van der Waals surface area contributed by atoms with Gasteiger partial charge in [0, 0.05) is 11.1 Å². The highest BCUT2D eigenvalue weighted by Gasteiger charge is 2.26. The van der Waals surface area contributed by atoms with Crippen molar-refractivity contribution >= 4 is 33.8 Å². The van der Waals surface area contributed by atoms with Crippen molar-refractivity contribution in [3.05, 3.63) is 131 Å². The van der Waals surface area contributed by atoms with Gasteiger partial charge in [0.05, 0.1) is 11.0 Å². The number of aromatic nitrogens is 2. The molecule has 0 saturated heterocycles. The molecular formula is C27H21N5O2. The van der Waals surface area contributed by atoms with Crippen LogP contribution in [0.4, 0.5) is 23.0 Å². The van der Waals surface area contributed by atoms with E-state index in [4.69, 9.17) is 0 Å². The summed E-state index contributed by atoms with van der Waals surface area (Å²) in [7, 11) is 0. The molecule has 0 amide bonds. The Bertz CT molecular complexity index is 1400. The van der Waals surface area contributed by atoms with E-state index >= 15 is 0 Å². The van der Waals surface area contributed by atoms with Gasteiger partial charge in [-0.2, -0.15) is 0 Å². The van der Waals surface area contributed by atoms with Gasteiger partial charge in [-0.05, 0) is 22.6 Å². The van der Waals surface area contributed by atoms with Crippen molar-refractivity contribution in [1.82, 2.24) is 9.97 Å². The second kappa shape index (κ2) is 9.38. The Balaban J connectivity index is 1.57. The summed E-state index contributed by atoms with van der Waals surface area (Å²) in [6, 6.07) is 32.8. The summed E-state index contributed by atoms with van der Waals surface area (Å²) in [5, 5.41) is 20.6. The van der Waals surface area contributed by atoms with E-state index in [1.807, 2.05) is 103 Å². The number of nitro groups is 1. The molecule has 0 aliphatic heterocycles. The minimum Gasteiger partial charge on any atom is -0.353 e. The van der Waals surface area contributed by atoms with Gasteiger partial charge in [-0.15, -0.1) is 0 Å². The van der Waals surface area contributed by atoms with Crippen molar-refractivity contribution in [2.45, 2.75) is 6.04 Å². The highest BCUT2D eigenvalue weighted by atomic mass is 16.6. The molecule has 166 valence electrons. The van der Waals surface area contributed by atoms with Gasteiger partial charge < -0.3 is 10.6 Å². The van der Waals surface area contributed by atoms with Crippen LogP contribution in [0.3, 0.4) is 0 Å². The molecule has 2 N–H and O–H groups in total. The molecule has 0 aliphatic rings. The maximum absolute atomic E-state index is 12.2. The van der Waals surface area contributed by atoms with Crippen molar-refractivity contribution in [1.29, 1.82) is 0 Å². The monoisotopic (exact) mass is 447 g/mol. The molecule has 0 spiro atoms. The molecule has 0 fully saturated rings. The fourth-order valence-electron chi connectivity index (χ4n) is 4.00. The Labute approximate surface area is 196 Å². The van der Waals surface area contributed by atoms with Gasteiger partial charge in [-0.3, -0.25) is 10.1 Å². The minimum absolute atomic E-state index is 0.124. The first-order chi connectivity index (χ1) is 16.7. The van der Waals surface area contributed by atoms with E-state index < -0.39 is 4.92 Å². The lowest BCUT2D eigenvalue weighted by molar-refractivity contribution is -0.383. The number of hydrogen-bond acceptors (Lipinski definition) is 6. The molecule has 0 aliphatic carbocycles. The maximum Gasteiger partial charge on any atom is 0.353 e. The van der Waals surface area contributed by atoms with E-state index in [9.17, 15) is 10.1 Å². The van der Waals surface area contributed by atoms with Gasteiger partial charge >= 0.3 is 5.69 Å². The lowest BCUT2D eigenvalue weighted by atomic mass is 9.99. The Kier molecular flexibility index (Phi) is 5.82. The van der Waals surface area contributed by atoms with Crippen LogP contribution in [0.1, 0.15) is 17.2 Å². The summed E-state index contributed by atoms with van der Waals surface area (Å²) < 4.78 is 0. The summed E-state index contributed by atoms with van der Waals surface area (Å²) in [5.74, 6) is 0.263. The molecule has 0 atom stereocenters. The fraction of sp³-hybridized carbons (Fsp3) is 0.0370. The average molecular weight is 447 g/mol. The molecule has 1 aromatic heterocycles. The first kappa shape index (κ1) is 21.1. The first-order valence-corrected chi connectivity index (χ1v) is 10.8. The quantitative estimate of drug-likeness (QED) is 0.219. The van der Waals surface area contributed by atoms with Gasteiger partial charge in [0.1, 0.15) is 6.33 Å². The summed E-state index contributed by atoms with van der Waals surface area (Å²) in [4.78, 5) is 20.2. The third-order valence-electron chi connectivity index (χ3n) is 5.59. The molecule has 7 nitrogen and oxygen atoms in total. The average Bonchev–Trinajstić information content (AvgIpc) is 2.88. The lowest BCUT2D eigenvalue weighted by Gasteiger charge is -2.21. The molecular weight excluding hydrogens is 426 g/mol. The SMILES string of the molecule is O=[N+]([O-])c1c(Nc2cccc3ccccc23)ncnc1NC(c1ccccc1)c1ccccc1. The van der Waals surface area contributed by atoms with Gasteiger partial charge in [0.25, 0.3) is 0 Å². The zero-order valence-electron chi connectivity index (χ0n) is 18.1. The number of rotatable bonds is 7. The molecule has 5 rings (SSSR count). The molecule has 0 bridgehead atoms. The number of nitrogens with zero attached hydrogens (tertiary/aromatic N) is 3. The minimum atomic E-state index is -0.456. The second-order valence-electron chi connectivity index (χ2n) is 7.73. The fourth-order valence-corrected chi connectivity index (χ4v) is 4.00. The highest BCUT2D eigenvalue weighted by molar-refractivity contribution is 5.96. The van der Waals surface area contributed by atoms with Crippen molar-refractivity contribution in [3.8, 4) is 0 Å². The predicted octanol–water partition coefficient (Wildman–Crippen LogP) is 6.48. The number of nitrogens with one attached hydrogen (secondary N) is 2. The third kappa shape index (κ3) is 4.27. The van der Waals surface area contributed by atoms with Crippen molar-refractivity contribution in [3.63, 3.8) is 0 Å². The largest absolute Gasteiger partial charge is 0.353 e. The van der Waals surface area contributed by atoms with Crippen LogP contribution in [0.25, 0.3) is 10.8 Å². The predicted molar refractivity (Wildman–Crippen MR) is 134 cm³/mol. The first-order valence-electron chi connectivity index (χ1n) is 10.8. The van der Waals surface area contributed by atoms with Crippen LogP contribution in [0, 0.1) is 10.1 Å². The summed E-state index contributed by atoms with van der Waals surface area (Å²) in [5.41, 5.74) is 2.44. The number of hydrogen-bond donors (Lipinski definition) is 2. The van der Waals surface area contributed by atoms with E-state index in [1.165, 1.54) is 6.33 Å². The second-order valence-corrected chi connectivity index (χ2v) is 7.73. The number of benzene rings is 4. The zero-order valence-corrected chi connectivity index (χ0v) is 18.1. The van der Waals surface area contributed by atoms with Gasteiger partial charge in [0.2, 0.25) is 11.6 Å². The molecule has 4 aromatic carbocycles. The van der Waals surface area contributed by atoms with E-state index in [0.717, 1.165) is 27.6 Å². The maximum atomic E-state index is 12.2. The highest BCUT2D eigenvalue weighted by Crippen LogP contribution is 2.36. The molecule has 1 heterocycles. The van der Waals surface area contributed by atoms with E-state index in [1.54, 1.807) is 0 Å². The van der Waals surface area contributed by atoms with Crippen LogP contribution in [-0.4, -0.2) is 14.9 Å². The standard InChI is InChI=1S/C27H21N5O2/c33-32(34)25-26(30-23-17-9-15-19-10-7-8-16-22(19)23)28-18-29-27(25)31-24(20-11-3-1-4-12-20)21-13-5-2-6-14-21/h1-18,24H,(H2,28,29,30,31). The van der Waals surface area contributed by atoms with Crippen LogP contribution in [0.2, 0.25) is 0 Å². The molecule has 34 heavy (non-hydrogen) atoms. The number of anilines is 3. The van der Waals surface area contributed by atoms with Crippen molar-refractivity contribution in [2.75, 3.05) is 10.6 Å². The molecule has 5 aromatic rings. The Morgan fingerprint density at radius 2 is 1.29 bits per heavy atom. The Hall–Kier alpha value is -4.78. The number of fused-ring (bicyclic) bond motifs is 1. The van der Waals surface area contributed by atoms with Gasteiger partial charge in [0.15, 0.2) is 0 Å². The van der Waals surface area contributed by atoms with E-state index in [-0.39, 0.29) is 23.4 Å². The molecule has 0 saturated carbocycles. The van der Waals surface area contributed by atoms with Crippen LogP contribution >= 0.6 is 0 Å². The summed E-state index contributed by atoms with van der Waals surface area (Å²) >= 11 is 0. The molecule has 7 heteroatoms. The van der Waals surface area contributed by atoms with Crippen LogP contribution in [0.5, 0.6) is 0 Å². The Morgan fingerprint density at radius 1 is 0.706 bits per heavy atom. The van der Waals surface area contributed by atoms with Crippen LogP contribution < -0.4 is 10.6 Å². The summed E-state index contributed by atoms with van der Waals surface area (Å²) in [6.45, 7) is 0. The van der Waals surface area contributed by atoms with E-state index in [0.29, 0.717) is 0 Å². The third-order valence-corrected chi connectivity index (χ3v) is 5.59. The Morgan fingerprint density at radius 3 is 1.97 bits per heavy atom. The van der Waals surface area contributed by atoms with E-state index in [2.05, 4.69) is 20.6 Å². The van der Waals surface area contributed by atoms with Crippen LogP contribution in [-0.2, 0) is 0 Å².